The van der Waals surface area contributed by atoms with Gasteiger partial charge in [-0.25, -0.2) is 4.79 Å². The molecule has 0 aliphatic carbocycles. The third-order valence-corrected chi connectivity index (χ3v) is 13.0. The van der Waals surface area contributed by atoms with Crippen LogP contribution in [0.15, 0.2) is 66.7 Å². The first-order valence-electron chi connectivity index (χ1n) is 14.7. The summed E-state index contributed by atoms with van der Waals surface area (Å²) >= 11 is 1.45. The van der Waals surface area contributed by atoms with E-state index < -0.39 is 44.2 Å². The summed E-state index contributed by atoms with van der Waals surface area (Å²) in [4.78, 5) is 30.8. The Kier molecular flexibility index (Phi) is 10.3. The van der Waals surface area contributed by atoms with Crippen molar-refractivity contribution in [2.45, 2.75) is 18.6 Å². The predicted molar refractivity (Wildman–Crippen MR) is 187 cm³/mol. The molecule has 2 atom stereocenters. The van der Waals surface area contributed by atoms with Crippen molar-refractivity contribution in [3.05, 3.63) is 90.7 Å². The van der Waals surface area contributed by atoms with Crippen molar-refractivity contribution in [1.82, 2.24) is 15.2 Å². The van der Waals surface area contributed by atoms with E-state index in [9.17, 15) is 14.7 Å². The Morgan fingerprint density at radius 2 is 1.82 bits per heavy atom. The zero-order valence-corrected chi connectivity index (χ0v) is 29.1. The molecule has 1 fully saturated rings. The second-order valence-electron chi connectivity index (χ2n) is 10.8. The van der Waals surface area contributed by atoms with Crippen LogP contribution in [0.2, 0.25) is 0 Å². The number of aliphatic hydroxyl groups is 1. The number of nitrogens with zero attached hydrogens (tertiary/aromatic N) is 1. The summed E-state index contributed by atoms with van der Waals surface area (Å²) in [7, 11) is 1.52. The Morgan fingerprint density at radius 1 is 1.07 bits per heavy atom. The summed E-state index contributed by atoms with van der Waals surface area (Å²) in [6.07, 6.45) is -1.25. The zero-order chi connectivity index (χ0) is 31.3. The topological polar surface area (TPSA) is 122 Å². The zero-order valence-electron chi connectivity index (χ0n) is 24.8. The fourth-order valence-corrected chi connectivity index (χ4v) is 10.1. The number of fused-ring (bicyclic) bond motifs is 3. The third-order valence-electron chi connectivity index (χ3n) is 7.67. The van der Waals surface area contributed by atoms with E-state index in [1.54, 1.807) is 4.90 Å². The molecule has 0 bridgehead atoms. The molecular weight excluding hydrogens is 804 g/mol. The molecule has 1 aromatic heterocycles. The van der Waals surface area contributed by atoms with Gasteiger partial charge in [0.1, 0.15) is 19.3 Å². The van der Waals surface area contributed by atoms with Gasteiger partial charge in [-0.2, -0.15) is 0 Å². The number of amides is 2. The molecule has 2 aliphatic heterocycles. The molecular formula is C33H35I2N3O7. The normalized spacial score (nSPS) is 17.0. The maximum atomic E-state index is 13.7. The number of H-pyrrole nitrogens is 1. The van der Waals surface area contributed by atoms with E-state index in [0.717, 1.165) is 20.3 Å². The van der Waals surface area contributed by atoms with Crippen molar-refractivity contribution >= 4 is 65.5 Å². The minimum atomic E-state index is -0.930. The first-order chi connectivity index (χ1) is 21.9. The molecule has 2 aliphatic rings. The number of ether oxygens (including phenoxy) is 4. The van der Waals surface area contributed by atoms with E-state index in [1.807, 2.05) is 36.4 Å². The summed E-state index contributed by atoms with van der Waals surface area (Å²) < 4.78 is 26.8. The van der Waals surface area contributed by atoms with Gasteiger partial charge in [0.15, 0.2) is 0 Å². The van der Waals surface area contributed by atoms with E-state index in [2.05, 4.69) is 63.2 Å². The number of rotatable bonds is 11. The van der Waals surface area contributed by atoms with Gasteiger partial charge in [-0.05, 0) is 28.7 Å². The number of hydrogen-bond acceptors (Lipinski definition) is 7. The molecule has 0 saturated carbocycles. The molecule has 3 aromatic carbocycles. The van der Waals surface area contributed by atoms with Crippen molar-refractivity contribution in [2.24, 2.45) is 0 Å². The van der Waals surface area contributed by atoms with Gasteiger partial charge in [0.2, 0.25) is 0 Å². The summed E-state index contributed by atoms with van der Waals surface area (Å²) in [5.41, 5.74) is 4.11. The Morgan fingerprint density at radius 3 is 2.56 bits per heavy atom. The number of carbonyl (C=O) groups excluding carboxylic acids is 2. The van der Waals surface area contributed by atoms with Gasteiger partial charge >= 0.3 is 183 Å². The number of benzene rings is 3. The predicted octanol–water partition coefficient (Wildman–Crippen LogP) is 5.72. The summed E-state index contributed by atoms with van der Waals surface area (Å²) in [6, 6.07) is 21.5. The monoisotopic (exact) mass is 839 g/mol. The van der Waals surface area contributed by atoms with Crippen LogP contribution in [-0.4, -0.2) is 82.2 Å². The van der Waals surface area contributed by atoms with Crippen LogP contribution >= 0.6 is 42.4 Å². The number of methoxy groups -OCH3 is 1. The SMILES string of the molecule is COCCOC(=O)NCC(O)COc1ccc(C2c3[nH]c4ccc(I)cc4c3CCN2C(=O)Oc2ccc(I3CC3)cc2)cc1. The van der Waals surface area contributed by atoms with E-state index in [-0.39, 0.29) is 19.8 Å². The molecule has 45 heavy (non-hydrogen) atoms. The van der Waals surface area contributed by atoms with Crippen molar-refractivity contribution in [3.8, 4) is 11.5 Å². The van der Waals surface area contributed by atoms with Crippen LogP contribution in [-0.2, 0) is 15.9 Å². The molecule has 0 spiro atoms. The Hall–Kier alpha value is -3.08. The molecule has 3 heterocycles. The second kappa shape index (κ2) is 14.6. The number of halogens is 2. The van der Waals surface area contributed by atoms with Crippen LogP contribution in [0.4, 0.5) is 9.59 Å². The van der Waals surface area contributed by atoms with Crippen LogP contribution in [0.5, 0.6) is 11.5 Å². The number of carbonyl (C=O) groups is 2. The summed E-state index contributed by atoms with van der Waals surface area (Å²) in [6.45, 7) is 0.897. The van der Waals surface area contributed by atoms with E-state index in [1.165, 1.54) is 30.5 Å². The number of aromatic amines is 1. The third kappa shape index (κ3) is 7.84. The van der Waals surface area contributed by atoms with Gasteiger partial charge < -0.3 is 24.6 Å². The number of aromatic nitrogens is 1. The van der Waals surface area contributed by atoms with Gasteiger partial charge in [-0.15, -0.1) is 0 Å². The average Bonchev–Trinajstić information content (AvgIpc) is 3.84. The van der Waals surface area contributed by atoms with Crippen LogP contribution in [0.25, 0.3) is 10.9 Å². The maximum absolute atomic E-state index is 13.7. The molecule has 3 N–H and O–H groups in total. The first-order valence-corrected chi connectivity index (χ1v) is 19.9. The van der Waals surface area contributed by atoms with Crippen molar-refractivity contribution in [1.29, 1.82) is 0 Å². The molecule has 6 rings (SSSR count). The van der Waals surface area contributed by atoms with Crippen molar-refractivity contribution in [2.75, 3.05) is 48.9 Å². The standard InChI is InChI=1S/C33H35I2N3O7/c1-42-16-17-43-32(40)36-19-24(39)20-44-25-7-2-21(3-8-25)31-30-27(28-18-22(34)4-11-29(28)37-30)12-15-38(31)33(41)45-26-9-5-23(6-10-26)35-13-14-35/h2-11,18,24,31,37,39H,12-17,19-20H2,1H3,(H,36,40). The summed E-state index contributed by atoms with van der Waals surface area (Å²) in [5.74, 6) is 1.11. The fourth-order valence-electron chi connectivity index (χ4n) is 5.37. The molecule has 0 radical (unpaired) electrons. The van der Waals surface area contributed by atoms with Crippen LogP contribution in [0, 0.1) is 7.14 Å². The number of nitrogens with one attached hydrogen (secondary N) is 2. The first kappa shape index (κ1) is 31.9. The number of alkyl carbamates (subject to hydrolysis) is 1. The minimum absolute atomic E-state index is 0.0172. The quantitative estimate of drug-likeness (QED) is 0.100. The van der Waals surface area contributed by atoms with Gasteiger partial charge in [0.25, 0.3) is 0 Å². The second-order valence-corrected chi connectivity index (χ2v) is 18.0. The average molecular weight is 839 g/mol. The van der Waals surface area contributed by atoms with Crippen molar-refractivity contribution in [3.63, 3.8) is 0 Å². The van der Waals surface area contributed by atoms with Crippen LogP contribution in [0.3, 0.4) is 0 Å². The van der Waals surface area contributed by atoms with Gasteiger partial charge in [0.05, 0.1) is 13.2 Å². The Balaban J connectivity index is 1.17. The number of alkyl halides is 2. The van der Waals surface area contributed by atoms with E-state index in [4.69, 9.17) is 18.9 Å². The molecule has 10 nitrogen and oxygen atoms in total. The van der Waals surface area contributed by atoms with Gasteiger partial charge in [-0.3, -0.25) is 0 Å². The number of hydrogen-bond donors (Lipinski definition) is 3. The van der Waals surface area contributed by atoms with Crippen LogP contribution < -0.4 is 14.8 Å². The molecule has 1 saturated heterocycles. The molecule has 2 unspecified atom stereocenters. The van der Waals surface area contributed by atoms with Gasteiger partial charge in [0, 0.05) is 10.7 Å². The molecule has 2 amide bonds. The molecule has 4 aromatic rings. The summed E-state index contributed by atoms with van der Waals surface area (Å²) in [5, 5.41) is 13.9. The molecule has 12 heteroatoms. The van der Waals surface area contributed by atoms with Crippen LogP contribution in [0.1, 0.15) is 22.9 Å². The Bertz CT molecular complexity index is 1640. The van der Waals surface area contributed by atoms with Crippen molar-refractivity contribution < 1.29 is 33.6 Å². The van der Waals surface area contributed by atoms with Gasteiger partial charge in [-0.1, -0.05) is 0 Å². The van der Waals surface area contributed by atoms with E-state index in [0.29, 0.717) is 31.1 Å². The fraction of sp³-hybridized carbons (Fsp3) is 0.333. The Labute approximate surface area is 282 Å². The number of aliphatic hydroxyl groups excluding tert-OH is 1. The van der Waals surface area contributed by atoms with E-state index >= 15 is 0 Å². The molecule has 238 valence electrons.